The van der Waals surface area contributed by atoms with Crippen molar-refractivity contribution in [3.8, 4) is 33.4 Å². The molecule has 2 aliphatic carbocycles. The molecule has 0 fully saturated rings. The maximum Gasteiger partial charge on any atom is 0.130 e. The Morgan fingerprint density at radius 2 is 0.952 bits per heavy atom. The zero-order valence-electron chi connectivity index (χ0n) is 34.7. The Labute approximate surface area is 363 Å². The van der Waals surface area contributed by atoms with Gasteiger partial charge in [0.25, 0.3) is 0 Å². The van der Waals surface area contributed by atoms with Crippen molar-refractivity contribution in [2.75, 3.05) is 15.1 Å². The first-order valence-corrected chi connectivity index (χ1v) is 21.8. The molecule has 62 heavy (non-hydrogen) atoms. The van der Waals surface area contributed by atoms with Crippen molar-refractivity contribution in [3.05, 3.63) is 251 Å². The predicted octanol–water partition coefficient (Wildman–Crippen LogP) is 15.1. The molecule has 3 nitrogen and oxygen atoms in total. The average molecular weight is 794 g/mol. The maximum atomic E-state index is 3.97. The standard InChI is InChI=1S/C59H43N3/c1-58(2)48-22-11-9-20-44(48)46-34-32-42(36-52(46)58)61(41-30-28-39(29-31-41)38-16-5-3-6-17-38)43-33-35-47-45-21-10-12-23-49(45)59(53(47)37-43)50-24-13-14-27-55(50)62-56-51(59)25-15-26-54(56)60-57(62)40-18-7-4-8-19-40/h3-37,57,60H,1-2H3. The van der Waals surface area contributed by atoms with Crippen LogP contribution >= 0.6 is 0 Å². The SMILES string of the molecule is CC1(C)c2ccccc2-c2ccc(N(c3ccc(-c4ccccc4)cc3)c3ccc4c(c3)C3(c5ccccc5-4)c4ccccc4N4c5c(cccc53)NC4c3ccccc3)cc21. The third-order valence-electron chi connectivity index (χ3n) is 14.3. The van der Waals surface area contributed by atoms with Crippen LogP contribution in [0.3, 0.4) is 0 Å². The molecule has 0 radical (unpaired) electrons. The van der Waals surface area contributed by atoms with E-state index in [-0.39, 0.29) is 11.6 Å². The van der Waals surface area contributed by atoms with E-state index in [0.717, 1.165) is 22.7 Å². The van der Waals surface area contributed by atoms with Crippen LogP contribution in [0.5, 0.6) is 0 Å². The maximum absolute atomic E-state index is 3.97. The molecule has 0 saturated heterocycles. The summed E-state index contributed by atoms with van der Waals surface area (Å²) in [5, 5.41) is 3.97. The first kappa shape index (κ1) is 35.2. The lowest BCUT2D eigenvalue weighted by Gasteiger charge is -2.44. The van der Waals surface area contributed by atoms with Crippen molar-refractivity contribution in [1.82, 2.24) is 0 Å². The highest BCUT2D eigenvalue weighted by Gasteiger charge is 2.54. The third-order valence-corrected chi connectivity index (χ3v) is 14.3. The van der Waals surface area contributed by atoms with Crippen molar-refractivity contribution in [3.63, 3.8) is 0 Å². The normalized spacial score (nSPS) is 17.6. The van der Waals surface area contributed by atoms with Gasteiger partial charge in [-0.3, -0.25) is 0 Å². The zero-order chi connectivity index (χ0) is 41.2. The van der Waals surface area contributed by atoms with Crippen LogP contribution in [-0.4, -0.2) is 0 Å². The van der Waals surface area contributed by atoms with Crippen LogP contribution in [0, 0.1) is 0 Å². The molecular weight excluding hydrogens is 751 g/mol. The summed E-state index contributed by atoms with van der Waals surface area (Å²) in [6.45, 7) is 4.74. The number of hydrogen-bond acceptors (Lipinski definition) is 3. The Morgan fingerprint density at radius 3 is 1.69 bits per heavy atom. The fraction of sp³-hybridized carbons (Fsp3) is 0.0847. The highest BCUT2D eigenvalue weighted by atomic mass is 15.3. The molecule has 0 aromatic heterocycles. The molecule has 0 bridgehead atoms. The molecule has 2 aliphatic heterocycles. The number of rotatable bonds is 5. The molecule has 2 atom stereocenters. The number of para-hydroxylation sites is 2. The fourth-order valence-corrected chi connectivity index (χ4v) is 11.5. The number of benzene rings is 9. The molecule has 4 aliphatic rings. The molecule has 1 N–H and O–H groups in total. The predicted molar refractivity (Wildman–Crippen MR) is 256 cm³/mol. The molecule has 294 valence electrons. The van der Waals surface area contributed by atoms with Gasteiger partial charge in [0.1, 0.15) is 6.17 Å². The van der Waals surface area contributed by atoms with Crippen molar-refractivity contribution >= 4 is 34.1 Å². The second-order valence-electron chi connectivity index (χ2n) is 17.7. The quantitative estimate of drug-likeness (QED) is 0.187. The van der Waals surface area contributed by atoms with E-state index in [1.54, 1.807) is 0 Å². The molecule has 2 heterocycles. The highest BCUT2D eigenvalue weighted by molar-refractivity contribution is 5.99. The summed E-state index contributed by atoms with van der Waals surface area (Å²) in [6, 6.07) is 79.1. The van der Waals surface area contributed by atoms with Crippen LogP contribution in [-0.2, 0) is 10.8 Å². The first-order chi connectivity index (χ1) is 30.5. The summed E-state index contributed by atoms with van der Waals surface area (Å²) in [5.41, 5.74) is 23.2. The van der Waals surface area contributed by atoms with E-state index in [0.29, 0.717) is 0 Å². The van der Waals surface area contributed by atoms with Gasteiger partial charge in [-0.25, -0.2) is 0 Å². The van der Waals surface area contributed by atoms with E-state index < -0.39 is 5.41 Å². The van der Waals surface area contributed by atoms with Gasteiger partial charge in [0, 0.05) is 28.2 Å². The van der Waals surface area contributed by atoms with E-state index in [1.807, 2.05) is 0 Å². The molecule has 2 unspecified atom stereocenters. The van der Waals surface area contributed by atoms with E-state index in [1.165, 1.54) is 83.7 Å². The average Bonchev–Trinajstić information content (AvgIpc) is 3.94. The number of nitrogens with zero attached hydrogens (tertiary/aromatic N) is 2. The Balaban J connectivity index is 1.05. The minimum Gasteiger partial charge on any atom is -0.359 e. The lowest BCUT2D eigenvalue weighted by molar-refractivity contribution is 0.660. The lowest BCUT2D eigenvalue weighted by Crippen LogP contribution is -2.37. The molecule has 9 aromatic rings. The van der Waals surface area contributed by atoms with E-state index >= 15 is 0 Å². The van der Waals surface area contributed by atoms with Crippen LogP contribution in [0.2, 0.25) is 0 Å². The molecule has 3 heteroatoms. The fourth-order valence-electron chi connectivity index (χ4n) is 11.5. The van der Waals surface area contributed by atoms with E-state index in [4.69, 9.17) is 0 Å². The number of nitrogens with one attached hydrogen (secondary N) is 1. The lowest BCUT2D eigenvalue weighted by atomic mass is 9.64. The van der Waals surface area contributed by atoms with Crippen molar-refractivity contribution in [1.29, 1.82) is 0 Å². The number of fused-ring (bicyclic) bond motifs is 12. The Hall–Kier alpha value is -7.62. The van der Waals surface area contributed by atoms with Crippen LogP contribution < -0.4 is 15.1 Å². The van der Waals surface area contributed by atoms with Gasteiger partial charge in [0.15, 0.2) is 0 Å². The van der Waals surface area contributed by atoms with Gasteiger partial charge >= 0.3 is 0 Å². The van der Waals surface area contributed by atoms with Crippen LogP contribution in [0.4, 0.5) is 34.1 Å². The minimum atomic E-state index is -0.558. The van der Waals surface area contributed by atoms with E-state index in [9.17, 15) is 0 Å². The number of anilines is 6. The monoisotopic (exact) mass is 793 g/mol. The van der Waals surface area contributed by atoms with Crippen molar-refractivity contribution in [2.45, 2.75) is 30.8 Å². The second kappa shape index (κ2) is 12.9. The third kappa shape index (κ3) is 4.71. The molecular formula is C59H43N3. The zero-order valence-corrected chi connectivity index (χ0v) is 34.7. The van der Waals surface area contributed by atoms with Crippen LogP contribution in [0.1, 0.15) is 59.0 Å². The summed E-state index contributed by atoms with van der Waals surface area (Å²) in [5.74, 6) is 0. The van der Waals surface area contributed by atoms with E-state index in [2.05, 4.69) is 241 Å². The highest BCUT2D eigenvalue weighted by Crippen LogP contribution is 2.66. The second-order valence-corrected chi connectivity index (χ2v) is 17.7. The van der Waals surface area contributed by atoms with Crippen molar-refractivity contribution < 1.29 is 0 Å². The largest absolute Gasteiger partial charge is 0.359 e. The smallest absolute Gasteiger partial charge is 0.130 e. The van der Waals surface area contributed by atoms with Gasteiger partial charge in [-0.2, -0.15) is 0 Å². The van der Waals surface area contributed by atoms with Gasteiger partial charge in [-0.05, 0) is 121 Å². The van der Waals surface area contributed by atoms with Gasteiger partial charge in [-0.15, -0.1) is 0 Å². The minimum absolute atomic E-state index is 0.0298. The summed E-state index contributed by atoms with van der Waals surface area (Å²) in [4.78, 5) is 5.03. The Kier molecular flexibility index (Phi) is 7.34. The van der Waals surface area contributed by atoms with Gasteiger partial charge in [0.05, 0.1) is 16.8 Å². The molecule has 13 rings (SSSR count). The summed E-state index contributed by atoms with van der Waals surface area (Å²) in [7, 11) is 0. The molecule has 0 amide bonds. The Bertz CT molecular complexity index is 3260. The first-order valence-electron chi connectivity index (χ1n) is 21.8. The Morgan fingerprint density at radius 1 is 0.419 bits per heavy atom. The van der Waals surface area contributed by atoms with Crippen LogP contribution in [0.25, 0.3) is 33.4 Å². The summed E-state index contributed by atoms with van der Waals surface area (Å²) < 4.78 is 0. The van der Waals surface area contributed by atoms with Crippen molar-refractivity contribution in [2.24, 2.45) is 0 Å². The van der Waals surface area contributed by atoms with Gasteiger partial charge in [-0.1, -0.05) is 178 Å². The summed E-state index contributed by atoms with van der Waals surface area (Å²) in [6.07, 6.45) is -0.0298. The van der Waals surface area contributed by atoms with Crippen LogP contribution in [0.15, 0.2) is 212 Å². The van der Waals surface area contributed by atoms with Gasteiger partial charge < -0.3 is 15.1 Å². The summed E-state index contributed by atoms with van der Waals surface area (Å²) >= 11 is 0. The molecule has 9 aromatic carbocycles. The molecule has 1 spiro atoms. The number of hydrogen-bond donors (Lipinski definition) is 1. The van der Waals surface area contributed by atoms with Gasteiger partial charge in [0.2, 0.25) is 0 Å². The molecule has 0 saturated carbocycles. The topological polar surface area (TPSA) is 18.5 Å².